The third-order valence-corrected chi connectivity index (χ3v) is 6.87. The molecular weight excluding hydrogens is 420 g/mol. The second kappa shape index (κ2) is 9.24. The Morgan fingerprint density at radius 2 is 1.63 bits per heavy atom. The third-order valence-electron chi connectivity index (χ3n) is 5.17. The quantitative estimate of drug-likeness (QED) is 0.456. The maximum absolute atomic E-state index is 12.7. The molecule has 1 fully saturated rings. The van der Waals surface area contributed by atoms with Crippen LogP contribution < -0.4 is 4.90 Å². The van der Waals surface area contributed by atoms with Crippen molar-refractivity contribution in [3.05, 3.63) is 32.4 Å². The molecule has 12 nitrogen and oxygen atoms in total. The standard InChI is InChI=1S/C17H24N4O8S/c1-4-19(12-8-6-5-7-9-12)16-14(20(23)24)10-13(11-15(16)21(25)26)30(27,28)18(2)17(22)29-3/h10-12H,4-9H2,1-3H3. The Kier molecular flexibility index (Phi) is 7.18. The van der Waals surface area contributed by atoms with Crippen LogP contribution in [0.2, 0.25) is 0 Å². The van der Waals surface area contributed by atoms with Crippen LogP contribution in [0.15, 0.2) is 17.0 Å². The van der Waals surface area contributed by atoms with Gasteiger partial charge in [-0.2, -0.15) is 0 Å². The van der Waals surface area contributed by atoms with Crippen LogP contribution in [0.4, 0.5) is 21.9 Å². The molecule has 0 aliphatic heterocycles. The summed E-state index contributed by atoms with van der Waals surface area (Å²) in [5, 5.41) is 23.6. The zero-order chi connectivity index (χ0) is 22.6. The monoisotopic (exact) mass is 444 g/mol. The average Bonchev–Trinajstić information content (AvgIpc) is 2.73. The van der Waals surface area contributed by atoms with E-state index < -0.39 is 42.2 Å². The number of hydrogen-bond acceptors (Lipinski definition) is 9. The summed E-state index contributed by atoms with van der Waals surface area (Å²) < 4.78 is 30.0. The first-order chi connectivity index (χ1) is 14.1. The van der Waals surface area contributed by atoms with Gasteiger partial charge in [0, 0.05) is 31.8 Å². The Bertz CT molecular complexity index is 908. The number of carbonyl (C=O) groups excluding carboxylic acids is 1. The smallest absolute Gasteiger partial charge is 0.423 e. The van der Waals surface area contributed by atoms with Crippen molar-refractivity contribution < 1.29 is 27.8 Å². The Morgan fingerprint density at radius 1 is 1.13 bits per heavy atom. The molecule has 1 aliphatic rings. The Balaban J connectivity index is 2.74. The molecule has 0 heterocycles. The molecule has 2 rings (SSSR count). The zero-order valence-corrected chi connectivity index (χ0v) is 17.8. The number of carbonyl (C=O) groups is 1. The SMILES string of the molecule is CCN(c1c([N+](=O)[O-])cc(S(=O)(=O)N(C)C(=O)OC)cc1[N+](=O)[O-])C1CCCCC1. The molecule has 0 unspecified atom stereocenters. The number of nitro groups is 2. The first-order valence-electron chi connectivity index (χ1n) is 9.36. The molecule has 1 amide bonds. The van der Waals surface area contributed by atoms with E-state index in [1.165, 1.54) is 0 Å². The molecule has 1 saturated carbocycles. The molecule has 166 valence electrons. The van der Waals surface area contributed by atoms with Crippen molar-refractivity contribution in [2.45, 2.75) is 50.0 Å². The van der Waals surface area contributed by atoms with E-state index in [4.69, 9.17) is 0 Å². The van der Waals surface area contributed by atoms with Crippen molar-refractivity contribution in [1.29, 1.82) is 0 Å². The second-order valence-corrected chi connectivity index (χ2v) is 8.81. The van der Waals surface area contributed by atoms with Gasteiger partial charge in [-0.3, -0.25) is 20.2 Å². The van der Waals surface area contributed by atoms with Crippen molar-refractivity contribution in [2.75, 3.05) is 25.6 Å². The van der Waals surface area contributed by atoms with Crippen LogP contribution >= 0.6 is 0 Å². The van der Waals surface area contributed by atoms with Crippen molar-refractivity contribution >= 4 is 33.2 Å². The minimum atomic E-state index is -4.61. The van der Waals surface area contributed by atoms with Crippen molar-refractivity contribution in [3.63, 3.8) is 0 Å². The highest BCUT2D eigenvalue weighted by molar-refractivity contribution is 7.89. The van der Waals surface area contributed by atoms with Gasteiger partial charge in [-0.1, -0.05) is 19.3 Å². The summed E-state index contributed by atoms with van der Waals surface area (Å²) in [7, 11) is -2.75. The van der Waals surface area contributed by atoms with E-state index in [2.05, 4.69) is 4.74 Å². The van der Waals surface area contributed by atoms with Gasteiger partial charge in [0.25, 0.3) is 10.0 Å². The van der Waals surface area contributed by atoms with Gasteiger partial charge >= 0.3 is 17.5 Å². The number of nitro benzene ring substituents is 2. The van der Waals surface area contributed by atoms with Gasteiger partial charge in [0.2, 0.25) is 0 Å². The van der Waals surface area contributed by atoms with Gasteiger partial charge in [-0.25, -0.2) is 17.5 Å². The number of sulfonamides is 1. The van der Waals surface area contributed by atoms with Gasteiger partial charge in [0.1, 0.15) is 4.90 Å². The molecule has 0 radical (unpaired) electrons. The van der Waals surface area contributed by atoms with E-state index in [1.54, 1.807) is 11.8 Å². The number of benzene rings is 1. The first kappa shape index (κ1) is 23.3. The second-order valence-electron chi connectivity index (χ2n) is 6.84. The molecule has 0 atom stereocenters. The number of amides is 1. The third kappa shape index (κ3) is 4.45. The molecule has 1 aliphatic carbocycles. The molecule has 13 heteroatoms. The van der Waals surface area contributed by atoms with Crippen LogP contribution in [-0.4, -0.2) is 55.4 Å². The lowest BCUT2D eigenvalue weighted by atomic mass is 9.93. The number of methoxy groups -OCH3 is 1. The van der Waals surface area contributed by atoms with Gasteiger partial charge in [-0.05, 0) is 19.8 Å². The van der Waals surface area contributed by atoms with E-state index in [-0.39, 0.29) is 22.6 Å². The highest BCUT2D eigenvalue weighted by Crippen LogP contribution is 2.42. The summed E-state index contributed by atoms with van der Waals surface area (Å²) in [6.07, 6.45) is 3.05. The molecule has 0 spiro atoms. The van der Waals surface area contributed by atoms with E-state index >= 15 is 0 Å². The number of ether oxygens (including phenoxy) is 1. The van der Waals surface area contributed by atoms with E-state index in [0.717, 1.165) is 58.4 Å². The highest BCUT2D eigenvalue weighted by atomic mass is 32.2. The summed E-state index contributed by atoms with van der Waals surface area (Å²) in [5.41, 5.74) is -1.62. The largest absolute Gasteiger partial charge is 0.452 e. The summed E-state index contributed by atoms with van der Waals surface area (Å²) in [5.74, 6) is 0. The van der Waals surface area contributed by atoms with Crippen LogP contribution in [-0.2, 0) is 14.8 Å². The Labute approximate surface area is 173 Å². The van der Waals surface area contributed by atoms with Crippen LogP contribution in [0.1, 0.15) is 39.0 Å². The van der Waals surface area contributed by atoms with Gasteiger partial charge < -0.3 is 9.64 Å². The predicted octanol–water partition coefficient (Wildman–Crippen LogP) is 3.05. The summed E-state index contributed by atoms with van der Waals surface area (Å²) in [6, 6.07) is 1.38. The van der Waals surface area contributed by atoms with Crippen molar-refractivity contribution in [3.8, 4) is 0 Å². The summed E-state index contributed by atoms with van der Waals surface area (Å²) in [4.78, 5) is 34.4. The van der Waals surface area contributed by atoms with Crippen molar-refractivity contribution in [1.82, 2.24) is 4.31 Å². The van der Waals surface area contributed by atoms with E-state index in [1.807, 2.05) is 0 Å². The van der Waals surface area contributed by atoms with Crippen LogP contribution in [0.25, 0.3) is 0 Å². The summed E-state index contributed by atoms with van der Waals surface area (Å²) >= 11 is 0. The lowest BCUT2D eigenvalue weighted by Crippen LogP contribution is -2.37. The van der Waals surface area contributed by atoms with Crippen LogP contribution in [0.3, 0.4) is 0 Å². The number of nitrogens with zero attached hydrogens (tertiary/aromatic N) is 4. The van der Waals surface area contributed by atoms with Gasteiger partial charge in [0.05, 0.1) is 17.0 Å². The fourth-order valence-corrected chi connectivity index (χ4v) is 4.79. The minimum absolute atomic E-state index is 0.124. The predicted molar refractivity (Wildman–Crippen MR) is 107 cm³/mol. The minimum Gasteiger partial charge on any atom is -0.452 e. The molecule has 0 bridgehead atoms. The van der Waals surface area contributed by atoms with E-state index in [9.17, 15) is 33.4 Å². The molecular formula is C17H24N4O8S. The molecule has 0 saturated heterocycles. The topological polar surface area (TPSA) is 153 Å². The molecule has 30 heavy (non-hydrogen) atoms. The molecule has 0 aromatic heterocycles. The normalized spacial score (nSPS) is 14.8. The number of anilines is 1. The molecule has 1 aromatic carbocycles. The van der Waals surface area contributed by atoms with Crippen molar-refractivity contribution in [2.24, 2.45) is 0 Å². The number of hydrogen-bond donors (Lipinski definition) is 0. The lowest BCUT2D eigenvalue weighted by molar-refractivity contribution is -0.393. The average molecular weight is 444 g/mol. The fourth-order valence-electron chi connectivity index (χ4n) is 3.68. The lowest BCUT2D eigenvalue weighted by Gasteiger charge is -2.34. The van der Waals surface area contributed by atoms with Gasteiger partial charge in [-0.15, -0.1) is 0 Å². The maximum Gasteiger partial charge on any atom is 0.423 e. The van der Waals surface area contributed by atoms with Crippen LogP contribution in [0, 0.1) is 20.2 Å². The molecule has 1 aromatic rings. The number of rotatable bonds is 7. The highest BCUT2D eigenvalue weighted by Gasteiger charge is 2.38. The Morgan fingerprint density at radius 3 is 2.03 bits per heavy atom. The summed E-state index contributed by atoms with van der Waals surface area (Å²) in [6.45, 7) is 2.01. The van der Waals surface area contributed by atoms with Crippen LogP contribution in [0.5, 0.6) is 0 Å². The zero-order valence-electron chi connectivity index (χ0n) is 16.9. The van der Waals surface area contributed by atoms with Gasteiger partial charge in [0.15, 0.2) is 5.69 Å². The fraction of sp³-hybridized carbons (Fsp3) is 0.588. The van der Waals surface area contributed by atoms with E-state index in [0.29, 0.717) is 0 Å². The first-order valence-corrected chi connectivity index (χ1v) is 10.8. The maximum atomic E-state index is 12.7. The molecule has 0 N–H and O–H groups in total. The Hall–Kier alpha value is -2.96.